The molecule has 0 aromatic heterocycles. The van der Waals surface area contributed by atoms with Crippen LogP contribution >= 0.6 is 0 Å². The van der Waals surface area contributed by atoms with Crippen LogP contribution in [0.15, 0.2) is 43.0 Å². The molecular weight excluding hydrogens is 162 g/mol. The van der Waals surface area contributed by atoms with Gasteiger partial charge in [-0.3, -0.25) is 0 Å². The van der Waals surface area contributed by atoms with E-state index in [1.165, 1.54) is 0 Å². The predicted molar refractivity (Wildman–Crippen MR) is 54.9 cm³/mol. The van der Waals surface area contributed by atoms with E-state index in [1.54, 1.807) is 20.2 Å². The molecular formula is C11H15NO. The molecule has 1 unspecified atom stereocenters. The fourth-order valence-corrected chi connectivity index (χ4v) is 1.40. The molecule has 0 N–H and O–H groups in total. The third-order valence-electron chi connectivity index (χ3n) is 2.03. The average Bonchev–Trinajstić information content (AvgIpc) is 2.05. The lowest BCUT2D eigenvalue weighted by Gasteiger charge is -2.40. The van der Waals surface area contributed by atoms with Crippen LogP contribution in [-0.2, 0) is 0 Å². The quantitative estimate of drug-likeness (QED) is 0.395. The van der Waals surface area contributed by atoms with Crippen molar-refractivity contribution < 1.29 is 4.65 Å². The molecule has 0 saturated heterocycles. The molecule has 0 bridgehead atoms. The lowest BCUT2D eigenvalue weighted by atomic mass is 10.1. The third-order valence-corrected chi connectivity index (χ3v) is 2.03. The van der Waals surface area contributed by atoms with Gasteiger partial charge in [-0.15, -0.1) is 0 Å². The van der Waals surface area contributed by atoms with Crippen LogP contribution in [0.1, 0.15) is 11.6 Å². The van der Waals surface area contributed by atoms with Crippen molar-refractivity contribution >= 4 is 0 Å². The summed E-state index contributed by atoms with van der Waals surface area (Å²) >= 11 is 0. The van der Waals surface area contributed by atoms with E-state index in [1.807, 2.05) is 30.3 Å². The first kappa shape index (κ1) is 9.96. The van der Waals surface area contributed by atoms with Gasteiger partial charge < -0.3 is 9.85 Å². The Morgan fingerprint density at radius 1 is 1.31 bits per heavy atom. The molecule has 70 valence electrons. The summed E-state index contributed by atoms with van der Waals surface area (Å²) in [5.74, 6) is 0. The molecule has 0 amide bonds. The topological polar surface area (TPSA) is 23.1 Å². The Morgan fingerprint density at radius 3 is 2.23 bits per heavy atom. The second-order valence-electron chi connectivity index (χ2n) is 3.53. The van der Waals surface area contributed by atoms with Crippen LogP contribution in [0, 0.1) is 5.21 Å². The van der Waals surface area contributed by atoms with Gasteiger partial charge in [0.2, 0.25) is 0 Å². The van der Waals surface area contributed by atoms with Crippen LogP contribution < -0.4 is 0 Å². The smallest absolute Gasteiger partial charge is 0.132 e. The van der Waals surface area contributed by atoms with E-state index in [-0.39, 0.29) is 10.7 Å². The van der Waals surface area contributed by atoms with E-state index in [2.05, 4.69) is 6.58 Å². The van der Waals surface area contributed by atoms with Gasteiger partial charge in [0.05, 0.1) is 14.1 Å². The van der Waals surface area contributed by atoms with Gasteiger partial charge in [0.1, 0.15) is 6.04 Å². The maximum Gasteiger partial charge on any atom is 0.132 e. The molecule has 0 aliphatic carbocycles. The minimum absolute atomic E-state index is 0.179. The van der Waals surface area contributed by atoms with Crippen LogP contribution in [0.4, 0.5) is 0 Å². The van der Waals surface area contributed by atoms with Gasteiger partial charge in [0.15, 0.2) is 0 Å². The van der Waals surface area contributed by atoms with E-state index in [0.717, 1.165) is 5.56 Å². The predicted octanol–water partition coefficient (Wildman–Crippen LogP) is 2.49. The highest BCUT2D eigenvalue weighted by Crippen LogP contribution is 2.24. The Morgan fingerprint density at radius 2 is 1.85 bits per heavy atom. The minimum Gasteiger partial charge on any atom is -0.633 e. The van der Waals surface area contributed by atoms with E-state index in [4.69, 9.17) is 0 Å². The number of quaternary nitrogens is 1. The number of nitrogens with zero attached hydrogens (tertiary/aromatic N) is 1. The highest BCUT2D eigenvalue weighted by molar-refractivity contribution is 5.20. The molecule has 13 heavy (non-hydrogen) atoms. The summed E-state index contributed by atoms with van der Waals surface area (Å²) in [6.07, 6.45) is 1.70. The Hall–Kier alpha value is -1.12. The minimum atomic E-state index is -0.368. The first-order chi connectivity index (χ1) is 6.05. The Kier molecular flexibility index (Phi) is 2.86. The monoisotopic (exact) mass is 177 g/mol. The summed E-state index contributed by atoms with van der Waals surface area (Å²) in [5.41, 5.74) is 1.01. The van der Waals surface area contributed by atoms with Crippen molar-refractivity contribution in [1.29, 1.82) is 0 Å². The number of hydroxylamine groups is 3. The Bertz CT molecular complexity index is 274. The summed E-state index contributed by atoms with van der Waals surface area (Å²) in [7, 11) is 3.25. The average molecular weight is 177 g/mol. The molecule has 0 heterocycles. The number of rotatable bonds is 3. The van der Waals surface area contributed by atoms with Crippen LogP contribution in [0.5, 0.6) is 0 Å². The van der Waals surface area contributed by atoms with Gasteiger partial charge in [0, 0.05) is 5.56 Å². The van der Waals surface area contributed by atoms with E-state index < -0.39 is 0 Å². The fourth-order valence-electron chi connectivity index (χ4n) is 1.40. The summed E-state index contributed by atoms with van der Waals surface area (Å²) in [6.45, 7) is 3.69. The van der Waals surface area contributed by atoms with Crippen LogP contribution in [0.25, 0.3) is 0 Å². The van der Waals surface area contributed by atoms with Crippen LogP contribution in [0.3, 0.4) is 0 Å². The SMILES string of the molecule is C=CC(c1ccccc1)[N+](C)(C)[O-]. The normalized spacial score (nSPS) is 13.8. The van der Waals surface area contributed by atoms with Crippen molar-refractivity contribution in [1.82, 2.24) is 0 Å². The van der Waals surface area contributed by atoms with Crippen molar-refractivity contribution in [2.24, 2.45) is 0 Å². The molecule has 0 fully saturated rings. The number of benzene rings is 1. The van der Waals surface area contributed by atoms with E-state index in [9.17, 15) is 5.21 Å². The second-order valence-corrected chi connectivity index (χ2v) is 3.53. The molecule has 0 aliphatic rings. The zero-order valence-electron chi connectivity index (χ0n) is 8.10. The maximum atomic E-state index is 11.7. The highest BCUT2D eigenvalue weighted by Gasteiger charge is 2.17. The first-order valence-corrected chi connectivity index (χ1v) is 4.28. The molecule has 1 aromatic rings. The highest BCUT2D eigenvalue weighted by atomic mass is 16.5. The van der Waals surface area contributed by atoms with Gasteiger partial charge in [-0.1, -0.05) is 36.9 Å². The fraction of sp³-hybridized carbons (Fsp3) is 0.273. The Labute approximate surface area is 79.3 Å². The van der Waals surface area contributed by atoms with Crippen LogP contribution in [-0.4, -0.2) is 18.7 Å². The lowest BCUT2D eigenvalue weighted by Crippen LogP contribution is -2.35. The molecule has 1 rings (SSSR count). The molecule has 2 heteroatoms. The number of hydrogen-bond acceptors (Lipinski definition) is 1. The maximum absolute atomic E-state index is 11.7. The lowest BCUT2D eigenvalue weighted by molar-refractivity contribution is -0.865. The molecule has 0 saturated carbocycles. The van der Waals surface area contributed by atoms with Crippen molar-refractivity contribution in [3.8, 4) is 0 Å². The molecule has 0 radical (unpaired) electrons. The van der Waals surface area contributed by atoms with Gasteiger partial charge in [-0.2, -0.15) is 0 Å². The molecule has 0 spiro atoms. The van der Waals surface area contributed by atoms with Crippen molar-refractivity contribution in [3.05, 3.63) is 53.8 Å². The number of hydrogen-bond donors (Lipinski definition) is 0. The molecule has 2 nitrogen and oxygen atoms in total. The Balaban J connectivity index is 2.99. The summed E-state index contributed by atoms with van der Waals surface area (Å²) in [6, 6.07) is 9.52. The second kappa shape index (κ2) is 3.73. The van der Waals surface area contributed by atoms with Gasteiger partial charge in [-0.05, 0) is 6.08 Å². The summed E-state index contributed by atoms with van der Waals surface area (Å²) in [5, 5.41) is 11.7. The summed E-state index contributed by atoms with van der Waals surface area (Å²) < 4.78 is -0.368. The summed E-state index contributed by atoms with van der Waals surface area (Å²) in [4.78, 5) is 0. The molecule has 0 aliphatic heterocycles. The van der Waals surface area contributed by atoms with E-state index in [0.29, 0.717) is 0 Å². The molecule has 1 atom stereocenters. The van der Waals surface area contributed by atoms with Crippen molar-refractivity contribution in [2.45, 2.75) is 6.04 Å². The van der Waals surface area contributed by atoms with Gasteiger partial charge in [-0.25, -0.2) is 0 Å². The molecule has 1 aromatic carbocycles. The zero-order chi connectivity index (χ0) is 9.90. The largest absolute Gasteiger partial charge is 0.633 e. The first-order valence-electron chi connectivity index (χ1n) is 4.28. The van der Waals surface area contributed by atoms with Crippen molar-refractivity contribution in [2.75, 3.05) is 14.1 Å². The van der Waals surface area contributed by atoms with Gasteiger partial charge >= 0.3 is 0 Å². The van der Waals surface area contributed by atoms with Crippen molar-refractivity contribution in [3.63, 3.8) is 0 Å². The third kappa shape index (κ3) is 2.41. The standard InChI is InChI=1S/C11H15NO/c1-4-11(12(2,3)13)10-8-6-5-7-9-10/h4-9,11H,1H2,2-3H3. The number of likely N-dealkylation sites (N-methyl/N-ethyl adjacent to an activating group) is 1. The van der Waals surface area contributed by atoms with E-state index >= 15 is 0 Å². The zero-order valence-corrected chi connectivity index (χ0v) is 8.10. The van der Waals surface area contributed by atoms with Gasteiger partial charge in [0.25, 0.3) is 0 Å². The van der Waals surface area contributed by atoms with Crippen LogP contribution in [0.2, 0.25) is 0 Å².